The van der Waals surface area contributed by atoms with Crippen LogP contribution in [-0.4, -0.2) is 19.2 Å². The van der Waals surface area contributed by atoms with Gasteiger partial charge in [0, 0.05) is 0 Å². The van der Waals surface area contributed by atoms with E-state index in [1.54, 1.807) is 0 Å². The number of carbonyl (C=O) groups is 1. The van der Waals surface area contributed by atoms with Crippen LogP contribution < -0.4 is 5.32 Å². The first-order chi connectivity index (χ1) is 6.02. The zero-order chi connectivity index (χ0) is 10.4. The summed E-state index contributed by atoms with van der Waals surface area (Å²) in [5, 5.41) is 2.76. The molecule has 0 fully saturated rings. The van der Waals surface area contributed by atoms with Gasteiger partial charge in [0.1, 0.15) is 0 Å². The zero-order valence-electron chi connectivity index (χ0n) is 8.89. The van der Waals surface area contributed by atoms with Crippen LogP contribution in [0.2, 0.25) is 0 Å². The predicted molar refractivity (Wildman–Crippen MR) is 53.6 cm³/mol. The number of nitrogens with one attached hydrogen (secondary N) is 1. The molecule has 1 amide bonds. The molecule has 0 aliphatic carbocycles. The highest BCUT2D eigenvalue weighted by Gasteiger charge is 2.17. The minimum atomic E-state index is -0.395. The van der Waals surface area contributed by atoms with Crippen LogP contribution in [0.3, 0.4) is 0 Å². The van der Waals surface area contributed by atoms with E-state index in [2.05, 4.69) is 16.6 Å². The molecule has 1 atom stereocenters. The SMILES string of the molecule is C=C(CC)[C@H](NC(=O)OC)C(C)C. The smallest absolute Gasteiger partial charge is 0.407 e. The maximum absolute atomic E-state index is 11.0. The molecule has 0 aliphatic rings. The second-order valence-electron chi connectivity index (χ2n) is 3.37. The Labute approximate surface area is 80.2 Å². The van der Waals surface area contributed by atoms with Crippen LogP contribution in [0.5, 0.6) is 0 Å². The summed E-state index contributed by atoms with van der Waals surface area (Å²) in [6, 6.07) is 0.0115. The van der Waals surface area contributed by atoms with E-state index >= 15 is 0 Å². The van der Waals surface area contributed by atoms with Gasteiger partial charge in [0.05, 0.1) is 13.2 Å². The lowest BCUT2D eigenvalue weighted by Gasteiger charge is -2.23. The molecule has 3 nitrogen and oxygen atoms in total. The number of alkyl carbamates (subject to hydrolysis) is 1. The lowest BCUT2D eigenvalue weighted by atomic mass is 9.96. The van der Waals surface area contributed by atoms with E-state index in [0.29, 0.717) is 5.92 Å². The lowest BCUT2D eigenvalue weighted by molar-refractivity contribution is 0.165. The molecule has 76 valence electrons. The van der Waals surface area contributed by atoms with E-state index in [4.69, 9.17) is 0 Å². The molecule has 0 radical (unpaired) electrons. The number of carbonyl (C=O) groups excluding carboxylic acids is 1. The van der Waals surface area contributed by atoms with Gasteiger partial charge in [0.15, 0.2) is 0 Å². The van der Waals surface area contributed by atoms with Gasteiger partial charge in [-0.05, 0) is 12.3 Å². The Morgan fingerprint density at radius 2 is 2.08 bits per heavy atom. The summed E-state index contributed by atoms with van der Waals surface area (Å²) in [6.07, 6.45) is 0.473. The molecule has 0 unspecified atom stereocenters. The fraction of sp³-hybridized carbons (Fsp3) is 0.700. The molecule has 0 heterocycles. The molecule has 0 saturated heterocycles. The molecule has 0 bridgehead atoms. The highest BCUT2D eigenvalue weighted by Crippen LogP contribution is 2.13. The van der Waals surface area contributed by atoms with Gasteiger partial charge in [-0.2, -0.15) is 0 Å². The van der Waals surface area contributed by atoms with Crippen LogP contribution in [0.4, 0.5) is 4.79 Å². The van der Waals surface area contributed by atoms with Crippen molar-refractivity contribution in [3.8, 4) is 0 Å². The molecule has 0 saturated carbocycles. The van der Waals surface area contributed by atoms with Crippen molar-refractivity contribution in [2.45, 2.75) is 33.2 Å². The van der Waals surface area contributed by atoms with Gasteiger partial charge < -0.3 is 10.1 Å². The van der Waals surface area contributed by atoms with Gasteiger partial charge in [-0.3, -0.25) is 0 Å². The summed E-state index contributed by atoms with van der Waals surface area (Å²) < 4.78 is 4.53. The average molecular weight is 185 g/mol. The van der Waals surface area contributed by atoms with Crippen molar-refractivity contribution in [1.82, 2.24) is 5.32 Å². The summed E-state index contributed by atoms with van der Waals surface area (Å²) in [7, 11) is 1.36. The minimum Gasteiger partial charge on any atom is -0.453 e. The van der Waals surface area contributed by atoms with Gasteiger partial charge in [-0.25, -0.2) is 4.79 Å². The fourth-order valence-corrected chi connectivity index (χ4v) is 1.15. The molecule has 0 rings (SSSR count). The van der Waals surface area contributed by atoms with Crippen molar-refractivity contribution in [3.05, 3.63) is 12.2 Å². The Morgan fingerprint density at radius 3 is 2.38 bits per heavy atom. The van der Waals surface area contributed by atoms with E-state index in [1.807, 2.05) is 20.8 Å². The third-order valence-corrected chi connectivity index (χ3v) is 2.02. The maximum Gasteiger partial charge on any atom is 0.407 e. The first kappa shape index (κ1) is 12.0. The van der Waals surface area contributed by atoms with Crippen LogP contribution in [0, 0.1) is 5.92 Å². The Morgan fingerprint density at radius 1 is 1.54 bits per heavy atom. The van der Waals surface area contributed by atoms with E-state index in [9.17, 15) is 4.79 Å². The fourth-order valence-electron chi connectivity index (χ4n) is 1.15. The Balaban J connectivity index is 4.26. The number of ether oxygens (including phenoxy) is 1. The van der Waals surface area contributed by atoms with Crippen molar-refractivity contribution in [2.24, 2.45) is 5.92 Å². The van der Waals surface area contributed by atoms with Crippen LogP contribution >= 0.6 is 0 Å². The number of methoxy groups -OCH3 is 1. The van der Waals surface area contributed by atoms with Gasteiger partial charge in [-0.1, -0.05) is 32.9 Å². The van der Waals surface area contributed by atoms with E-state index in [-0.39, 0.29) is 6.04 Å². The second kappa shape index (κ2) is 5.62. The summed E-state index contributed by atoms with van der Waals surface area (Å²) in [4.78, 5) is 11.0. The molecular formula is C10H19NO2. The first-order valence-electron chi connectivity index (χ1n) is 4.55. The Kier molecular flexibility index (Phi) is 5.19. The summed E-state index contributed by atoms with van der Waals surface area (Å²) in [5.74, 6) is 0.339. The Bertz CT molecular complexity index is 187. The maximum atomic E-state index is 11.0. The molecule has 3 heteroatoms. The number of amides is 1. The quantitative estimate of drug-likeness (QED) is 0.683. The van der Waals surface area contributed by atoms with Crippen LogP contribution in [0.25, 0.3) is 0 Å². The summed E-state index contributed by atoms with van der Waals surface area (Å²) in [6.45, 7) is 10.0. The predicted octanol–water partition coefficient (Wildman–Crippen LogP) is 2.33. The van der Waals surface area contributed by atoms with Gasteiger partial charge >= 0.3 is 6.09 Å². The van der Waals surface area contributed by atoms with E-state index in [1.165, 1.54) is 7.11 Å². The number of hydrogen-bond donors (Lipinski definition) is 1. The van der Waals surface area contributed by atoms with Gasteiger partial charge in [0.25, 0.3) is 0 Å². The van der Waals surface area contributed by atoms with Crippen LogP contribution in [0.15, 0.2) is 12.2 Å². The van der Waals surface area contributed by atoms with Crippen molar-refractivity contribution >= 4 is 6.09 Å². The van der Waals surface area contributed by atoms with Crippen molar-refractivity contribution in [2.75, 3.05) is 7.11 Å². The monoisotopic (exact) mass is 185 g/mol. The largest absolute Gasteiger partial charge is 0.453 e. The van der Waals surface area contributed by atoms with Crippen LogP contribution in [0.1, 0.15) is 27.2 Å². The van der Waals surface area contributed by atoms with Crippen molar-refractivity contribution in [3.63, 3.8) is 0 Å². The summed E-state index contributed by atoms with van der Waals surface area (Å²) in [5.41, 5.74) is 1.03. The Hall–Kier alpha value is -0.990. The molecule has 0 aliphatic heterocycles. The first-order valence-corrected chi connectivity index (χ1v) is 4.55. The highest BCUT2D eigenvalue weighted by molar-refractivity contribution is 5.67. The zero-order valence-corrected chi connectivity index (χ0v) is 8.89. The number of hydrogen-bond acceptors (Lipinski definition) is 2. The molecular weight excluding hydrogens is 166 g/mol. The topological polar surface area (TPSA) is 38.3 Å². The average Bonchev–Trinajstić information content (AvgIpc) is 2.11. The lowest BCUT2D eigenvalue weighted by Crippen LogP contribution is -2.39. The molecule has 0 aromatic carbocycles. The standard InChI is InChI=1S/C10H19NO2/c1-6-8(4)9(7(2)3)11-10(12)13-5/h7,9H,4,6H2,1-3,5H3,(H,11,12)/t9-/m1/s1. The number of rotatable bonds is 4. The van der Waals surface area contributed by atoms with Crippen molar-refractivity contribution < 1.29 is 9.53 Å². The second-order valence-corrected chi connectivity index (χ2v) is 3.37. The highest BCUT2D eigenvalue weighted by atomic mass is 16.5. The van der Waals surface area contributed by atoms with Gasteiger partial charge in [0.2, 0.25) is 0 Å². The third kappa shape index (κ3) is 3.97. The van der Waals surface area contributed by atoms with Crippen LogP contribution in [-0.2, 0) is 4.74 Å². The van der Waals surface area contributed by atoms with E-state index in [0.717, 1.165) is 12.0 Å². The minimum absolute atomic E-state index is 0.0115. The van der Waals surface area contributed by atoms with E-state index < -0.39 is 6.09 Å². The summed E-state index contributed by atoms with van der Waals surface area (Å²) >= 11 is 0. The molecule has 0 aromatic rings. The molecule has 0 aromatic heterocycles. The van der Waals surface area contributed by atoms with Gasteiger partial charge in [-0.15, -0.1) is 0 Å². The van der Waals surface area contributed by atoms with Crippen molar-refractivity contribution in [1.29, 1.82) is 0 Å². The molecule has 1 N–H and O–H groups in total. The molecule has 13 heavy (non-hydrogen) atoms. The normalized spacial score (nSPS) is 12.4. The molecule has 0 spiro atoms. The third-order valence-electron chi connectivity index (χ3n) is 2.02.